The van der Waals surface area contributed by atoms with E-state index in [9.17, 15) is 9.18 Å². The van der Waals surface area contributed by atoms with Gasteiger partial charge in [-0.15, -0.1) is 0 Å². The average molecular weight is 199 g/mol. The van der Waals surface area contributed by atoms with Gasteiger partial charge in [0, 0.05) is 0 Å². The molecule has 0 saturated heterocycles. The first-order valence-corrected chi connectivity index (χ1v) is 4.43. The molecule has 0 aliphatic rings. The van der Waals surface area contributed by atoms with E-state index in [2.05, 4.69) is 10.1 Å². The van der Waals surface area contributed by atoms with Crippen molar-refractivity contribution in [2.75, 3.05) is 6.67 Å². The quantitative estimate of drug-likeness (QED) is 0.736. The van der Waals surface area contributed by atoms with Crippen molar-refractivity contribution in [1.29, 1.82) is 0 Å². The zero-order valence-electron chi connectivity index (χ0n) is 8.57. The van der Waals surface area contributed by atoms with Gasteiger partial charge in [0.1, 0.15) is 25.4 Å². The van der Waals surface area contributed by atoms with E-state index < -0.39 is 18.1 Å². The van der Waals surface area contributed by atoms with Gasteiger partial charge >= 0.3 is 0 Å². The summed E-state index contributed by atoms with van der Waals surface area (Å²) >= 11 is 0. The van der Waals surface area contributed by atoms with Gasteiger partial charge in [0.05, 0.1) is 5.41 Å². The van der Waals surface area contributed by atoms with Crippen LogP contribution >= 0.6 is 0 Å². The Morgan fingerprint density at radius 1 is 1.64 bits per heavy atom. The van der Waals surface area contributed by atoms with E-state index in [1.54, 1.807) is 20.8 Å². The molecule has 1 rings (SSSR count). The van der Waals surface area contributed by atoms with Crippen molar-refractivity contribution >= 4 is 5.78 Å². The number of carbonyl (C=O) groups excluding carboxylic acids is 1. The number of aromatic nitrogens is 3. The SMILES string of the molecule is CC(C(=O)C(C)(C)CF)n1cncn1. The Morgan fingerprint density at radius 3 is 2.71 bits per heavy atom. The molecule has 0 aliphatic carbocycles. The number of carbonyl (C=O) groups is 1. The molecular formula is C9H14FN3O. The van der Waals surface area contributed by atoms with E-state index in [1.807, 2.05) is 0 Å². The van der Waals surface area contributed by atoms with Gasteiger partial charge in [-0.2, -0.15) is 5.10 Å². The molecule has 1 aromatic heterocycles. The first-order chi connectivity index (χ1) is 6.49. The van der Waals surface area contributed by atoms with E-state index in [-0.39, 0.29) is 5.78 Å². The Hall–Kier alpha value is -1.26. The first-order valence-electron chi connectivity index (χ1n) is 4.43. The van der Waals surface area contributed by atoms with Crippen LogP contribution in [-0.2, 0) is 4.79 Å². The third kappa shape index (κ3) is 1.97. The molecule has 1 aromatic rings. The Labute approximate surface area is 82.1 Å². The van der Waals surface area contributed by atoms with Gasteiger partial charge in [0.2, 0.25) is 0 Å². The van der Waals surface area contributed by atoms with Gasteiger partial charge in [-0.3, -0.25) is 9.18 Å². The van der Waals surface area contributed by atoms with E-state index in [0.717, 1.165) is 0 Å². The molecule has 1 heterocycles. The highest BCUT2D eigenvalue weighted by Crippen LogP contribution is 2.23. The molecule has 0 aliphatic heterocycles. The molecule has 5 heteroatoms. The summed E-state index contributed by atoms with van der Waals surface area (Å²) in [6, 6.07) is -0.469. The number of hydrogen-bond donors (Lipinski definition) is 0. The first kappa shape index (κ1) is 10.8. The molecule has 0 N–H and O–H groups in total. The fraction of sp³-hybridized carbons (Fsp3) is 0.667. The van der Waals surface area contributed by atoms with Gasteiger partial charge < -0.3 is 0 Å². The Kier molecular flexibility index (Phi) is 2.98. The van der Waals surface area contributed by atoms with Crippen molar-refractivity contribution in [2.45, 2.75) is 26.8 Å². The van der Waals surface area contributed by atoms with Crippen molar-refractivity contribution in [3.8, 4) is 0 Å². The largest absolute Gasteiger partial charge is 0.297 e. The maximum absolute atomic E-state index is 12.6. The van der Waals surface area contributed by atoms with Crippen LogP contribution in [0.3, 0.4) is 0 Å². The Morgan fingerprint density at radius 2 is 2.29 bits per heavy atom. The molecule has 4 nitrogen and oxygen atoms in total. The second kappa shape index (κ2) is 3.86. The van der Waals surface area contributed by atoms with Crippen LogP contribution in [0.4, 0.5) is 4.39 Å². The topological polar surface area (TPSA) is 47.8 Å². The molecule has 0 aromatic carbocycles. The monoisotopic (exact) mass is 199 g/mol. The summed E-state index contributed by atoms with van der Waals surface area (Å²) in [6.07, 6.45) is 2.81. The minimum atomic E-state index is -0.953. The van der Waals surface area contributed by atoms with Crippen LogP contribution < -0.4 is 0 Å². The van der Waals surface area contributed by atoms with Crippen molar-refractivity contribution in [3.05, 3.63) is 12.7 Å². The lowest BCUT2D eigenvalue weighted by Gasteiger charge is -2.22. The zero-order chi connectivity index (χ0) is 10.8. The predicted molar refractivity (Wildman–Crippen MR) is 49.5 cm³/mol. The highest BCUT2D eigenvalue weighted by molar-refractivity contribution is 5.87. The molecule has 0 radical (unpaired) electrons. The molecule has 1 atom stereocenters. The van der Waals surface area contributed by atoms with E-state index in [0.29, 0.717) is 0 Å². The van der Waals surface area contributed by atoms with Gasteiger partial charge in [0.15, 0.2) is 5.78 Å². The number of alkyl halides is 1. The smallest absolute Gasteiger partial charge is 0.165 e. The van der Waals surface area contributed by atoms with E-state index >= 15 is 0 Å². The third-order valence-corrected chi connectivity index (χ3v) is 2.21. The second-order valence-corrected chi connectivity index (χ2v) is 3.93. The molecule has 14 heavy (non-hydrogen) atoms. The standard InChI is InChI=1S/C9H14FN3O/c1-7(13-6-11-5-12-13)8(14)9(2,3)4-10/h5-7H,4H2,1-3H3. The lowest BCUT2D eigenvalue weighted by Crippen LogP contribution is -2.33. The number of rotatable bonds is 4. The molecule has 0 amide bonds. The zero-order valence-corrected chi connectivity index (χ0v) is 8.57. The molecule has 0 saturated carbocycles. The maximum Gasteiger partial charge on any atom is 0.165 e. The number of hydrogen-bond acceptors (Lipinski definition) is 3. The third-order valence-electron chi connectivity index (χ3n) is 2.21. The Balaban J connectivity index is 2.81. The van der Waals surface area contributed by atoms with Crippen LogP contribution in [0.2, 0.25) is 0 Å². The highest BCUT2D eigenvalue weighted by Gasteiger charge is 2.32. The molecular weight excluding hydrogens is 185 g/mol. The number of ketones is 1. The lowest BCUT2D eigenvalue weighted by molar-refractivity contribution is -0.131. The van der Waals surface area contributed by atoms with Crippen LogP contribution in [0.15, 0.2) is 12.7 Å². The van der Waals surface area contributed by atoms with Crippen LogP contribution in [-0.4, -0.2) is 27.2 Å². The number of nitrogens with zero attached hydrogens (tertiary/aromatic N) is 3. The predicted octanol–water partition coefficient (Wildman–Crippen LogP) is 1.40. The molecule has 0 bridgehead atoms. The van der Waals surface area contributed by atoms with E-state index in [1.165, 1.54) is 17.3 Å². The molecule has 1 unspecified atom stereocenters. The van der Waals surface area contributed by atoms with Crippen molar-refractivity contribution in [3.63, 3.8) is 0 Å². The minimum absolute atomic E-state index is 0.175. The van der Waals surface area contributed by atoms with Crippen LogP contribution in [0.1, 0.15) is 26.8 Å². The second-order valence-electron chi connectivity index (χ2n) is 3.93. The van der Waals surface area contributed by atoms with Crippen LogP contribution in [0, 0.1) is 5.41 Å². The van der Waals surface area contributed by atoms with Gasteiger partial charge in [-0.25, -0.2) is 9.67 Å². The summed E-state index contributed by atoms with van der Waals surface area (Å²) in [5.74, 6) is -0.175. The fourth-order valence-corrected chi connectivity index (χ4v) is 1.17. The maximum atomic E-state index is 12.6. The van der Waals surface area contributed by atoms with Crippen molar-refractivity contribution in [1.82, 2.24) is 14.8 Å². The van der Waals surface area contributed by atoms with Crippen molar-refractivity contribution < 1.29 is 9.18 Å². The molecule has 0 fully saturated rings. The van der Waals surface area contributed by atoms with Gasteiger partial charge in [0.25, 0.3) is 0 Å². The average Bonchev–Trinajstić information content (AvgIpc) is 2.68. The summed E-state index contributed by atoms with van der Waals surface area (Å²) in [4.78, 5) is 15.5. The summed E-state index contributed by atoms with van der Waals surface area (Å²) in [5.41, 5.74) is -0.953. The van der Waals surface area contributed by atoms with Crippen molar-refractivity contribution in [2.24, 2.45) is 5.41 Å². The fourth-order valence-electron chi connectivity index (χ4n) is 1.17. The summed E-state index contributed by atoms with van der Waals surface area (Å²) in [6.45, 7) is 4.20. The van der Waals surface area contributed by atoms with E-state index in [4.69, 9.17) is 0 Å². The summed E-state index contributed by atoms with van der Waals surface area (Å²) in [7, 11) is 0. The Bertz CT molecular complexity index is 308. The number of Topliss-reactive ketones (excluding diaryl/α,β-unsaturated/α-hetero) is 1. The number of halogens is 1. The van der Waals surface area contributed by atoms with Crippen LogP contribution in [0.25, 0.3) is 0 Å². The minimum Gasteiger partial charge on any atom is -0.297 e. The summed E-state index contributed by atoms with van der Waals surface area (Å²) < 4.78 is 14.0. The summed E-state index contributed by atoms with van der Waals surface area (Å²) in [5, 5.41) is 3.85. The molecule has 0 spiro atoms. The normalized spacial score (nSPS) is 14.0. The van der Waals surface area contributed by atoms with Crippen LogP contribution in [0.5, 0.6) is 0 Å². The van der Waals surface area contributed by atoms with Gasteiger partial charge in [-0.05, 0) is 6.92 Å². The lowest BCUT2D eigenvalue weighted by atomic mass is 9.86. The molecule has 78 valence electrons. The highest BCUT2D eigenvalue weighted by atomic mass is 19.1. The van der Waals surface area contributed by atoms with Gasteiger partial charge in [-0.1, -0.05) is 13.8 Å².